The third-order valence-corrected chi connectivity index (χ3v) is 3.79. The third-order valence-electron chi connectivity index (χ3n) is 3.79. The molecule has 100 valence electrons. The topological polar surface area (TPSA) is 21.3 Å². The first-order chi connectivity index (χ1) is 8.88. The van der Waals surface area contributed by atoms with Gasteiger partial charge in [0, 0.05) is 13.7 Å². The lowest BCUT2D eigenvalue weighted by molar-refractivity contribution is 0.185. The van der Waals surface area contributed by atoms with Gasteiger partial charge in [0.25, 0.3) is 0 Å². The van der Waals surface area contributed by atoms with Gasteiger partial charge in [0.15, 0.2) is 0 Å². The minimum Gasteiger partial charge on any atom is -0.380 e. The van der Waals surface area contributed by atoms with E-state index in [9.17, 15) is 0 Å². The van der Waals surface area contributed by atoms with Crippen LogP contribution < -0.4 is 5.32 Å². The predicted octanol–water partition coefficient (Wildman–Crippen LogP) is 3.50. The number of benzene rings is 1. The lowest BCUT2D eigenvalue weighted by atomic mass is 9.89. The number of ether oxygens (including phenoxy) is 1. The summed E-state index contributed by atoms with van der Waals surface area (Å²) in [7, 11) is 1.74. The van der Waals surface area contributed by atoms with Crippen LogP contribution >= 0.6 is 0 Å². The molecule has 1 aliphatic carbocycles. The molecule has 0 heterocycles. The Kier molecular flexibility index (Phi) is 5.69. The van der Waals surface area contributed by atoms with E-state index in [1.54, 1.807) is 7.11 Å². The molecular weight excluding hydrogens is 222 g/mol. The summed E-state index contributed by atoms with van der Waals surface area (Å²) < 4.78 is 5.16. The SMILES string of the molecule is COCc1cccc(CNCC2CCCCC2)c1. The van der Waals surface area contributed by atoms with Crippen molar-refractivity contribution in [3.8, 4) is 0 Å². The second kappa shape index (κ2) is 7.55. The lowest BCUT2D eigenvalue weighted by Gasteiger charge is -2.21. The largest absolute Gasteiger partial charge is 0.380 e. The third kappa shape index (κ3) is 4.43. The molecule has 0 bridgehead atoms. The van der Waals surface area contributed by atoms with Crippen LogP contribution in [0.15, 0.2) is 24.3 Å². The maximum absolute atomic E-state index is 5.16. The maximum Gasteiger partial charge on any atom is 0.0713 e. The van der Waals surface area contributed by atoms with Gasteiger partial charge in [-0.15, -0.1) is 0 Å². The molecule has 1 aromatic rings. The van der Waals surface area contributed by atoms with E-state index >= 15 is 0 Å². The molecule has 18 heavy (non-hydrogen) atoms. The first-order valence-electron chi connectivity index (χ1n) is 7.16. The fourth-order valence-electron chi connectivity index (χ4n) is 2.81. The van der Waals surface area contributed by atoms with Gasteiger partial charge in [0.05, 0.1) is 6.61 Å². The van der Waals surface area contributed by atoms with Gasteiger partial charge in [-0.25, -0.2) is 0 Å². The van der Waals surface area contributed by atoms with E-state index in [-0.39, 0.29) is 0 Å². The molecular formula is C16H25NO. The highest BCUT2D eigenvalue weighted by Crippen LogP contribution is 2.22. The molecule has 0 radical (unpaired) electrons. The van der Waals surface area contributed by atoms with E-state index < -0.39 is 0 Å². The van der Waals surface area contributed by atoms with Gasteiger partial charge in [0.1, 0.15) is 0 Å². The highest BCUT2D eigenvalue weighted by molar-refractivity contribution is 5.22. The van der Waals surface area contributed by atoms with Crippen LogP contribution in [0.2, 0.25) is 0 Å². The molecule has 0 unspecified atom stereocenters. The molecule has 1 saturated carbocycles. The van der Waals surface area contributed by atoms with Crippen molar-refractivity contribution in [2.45, 2.75) is 45.3 Å². The molecule has 0 amide bonds. The summed E-state index contributed by atoms with van der Waals surface area (Å²) in [4.78, 5) is 0. The predicted molar refractivity (Wildman–Crippen MR) is 75.4 cm³/mol. The van der Waals surface area contributed by atoms with Gasteiger partial charge in [-0.3, -0.25) is 0 Å². The van der Waals surface area contributed by atoms with E-state index in [0.717, 1.165) is 12.5 Å². The zero-order valence-electron chi connectivity index (χ0n) is 11.5. The summed E-state index contributed by atoms with van der Waals surface area (Å²) in [5.41, 5.74) is 2.62. The standard InChI is InChI=1S/C16H25NO/c1-18-13-16-9-5-8-15(10-16)12-17-11-14-6-3-2-4-7-14/h5,8-10,14,17H,2-4,6-7,11-13H2,1H3. The van der Waals surface area contributed by atoms with Crippen molar-refractivity contribution in [2.75, 3.05) is 13.7 Å². The van der Waals surface area contributed by atoms with E-state index in [0.29, 0.717) is 6.61 Å². The molecule has 1 aromatic carbocycles. The van der Waals surface area contributed by atoms with Crippen molar-refractivity contribution in [1.29, 1.82) is 0 Å². The summed E-state index contributed by atoms with van der Waals surface area (Å²) in [5, 5.41) is 3.60. The Balaban J connectivity index is 1.73. The zero-order chi connectivity index (χ0) is 12.6. The Hall–Kier alpha value is -0.860. The van der Waals surface area contributed by atoms with Gasteiger partial charge in [-0.2, -0.15) is 0 Å². The van der Waals surface area contributed by atoms with Gasteiger partial charge in [-0.05, 0) is 36.4 Å². The van der Waals surface area contributed by atoms with Crippen molar-refractivity contribution in [3.05, 3.63) is 35.4 Å². The summed E-state index contributed by atoms with van der Waals surface area (Å²) in [5.74, 6) is 0.904. The second-order valence-electron chi connectivity index (χ2n) is 5.39. The molecule has 0 aliphatic heterocycles. The zero-order valence-corrected chi connectivity index (χ0v) is 11.5. The van der Waals surface area contributed by atoms with Crippen LogP contribution in [-0.2, 0) is 17.9 Å². The van der Waals surface area contributed by atoms with Gasteiger partial charge < -0.3 is 10.1 Å². The van der Waals surface area contributed by atoms with E-state index in [2.05, 4.69) is 29.6 Å². The van der Waals surface area contributed by atoms with Crippen LogP contribution in [0.25, 0.3) is 0 Å². The summed E-state index contributed by atoms with van der Waals surface area (Å²) in [6.07, 6.45) is 7.12. The van der Waals surface area contributed by atoms with Crippen molar-refractivity contribution >= 4 is 0 Å². The summed E-state index contributed by atoms with van der Waals surface area (Å²) >= 11 is 0. The fourth-order valence-corrected chi connectivity index (χ4v) is 2.81. The van der Waals surface area contributed by atoms with Crippen LogP contribution in [-0.4, -0.2) is 13.7 Å². The van der Waals surface area contributed by atoms with Crippen LogP contribution in [0.1, 0.15) is 43.2 Å². The van der Waals surface area contributed by atoms with Gasteiger partial charge >= 0.3 is 0 Å². The first-order valence-corrected chi connectivity index (χ1v) is 7.16. The number of hydrogen-bond donors (Lipinski definition) is 1. The summed E-state index contributed by atoms with van der Waals surface area (Å²) in [6, 6.07) is 8.66. The minimum absolute atomic E-state index is 0.705. The van der Waals surface area contributed by atoms with Crippen molar-refractivity contribution < 1.29 is 4.74 Å². The Labute approximate surface area is 111 Å². The van der Waals surface area contributed by atoms with E-state index in [1.807, 2.05) is 0 Å². The number of nitrogens with one attached hydrogen (secondary N) is 1. The number of methoxy groups -OCH3 is 1. The Morgan fingerprint density at radius 3 is 2.72 bits per heavy atom. The van der Waals surface area contributed by atoms with Crippen LogP contribution in [0.3, 0.4) is 0 Å². The molecule has 1 N–H and O–H groups in total. The molecule has 1 fully saturated rings. The average Bonchev–Trinajstić information content (AvgIpc) is 2.41. The Morgan fingerprint density at radius 2 is 1.94 bits per heavy atom. The Morgan fingerprint density at radius 1 is 1.17 bits per heavy atom. The molecule has 0 spiro atoms. The highest BCUT2D eigenvalue weighted by atomic mass is 16.5. The molecule has 2 heteroatoms. The van der Waals surface area contributed by atoms with Gasteiger partial charge in [0.2, 0.25) is 0 Å². The maximum atomic E-state index is 5.16. The monoisotopic (exact) mass is 247 g/mol. The number of hydrogen-bond acceptors (Lipinski definition) is 2. The molecule has 0 saturated heterocycles. The molecule has 1 aliphatic rings. The van der Waals surface area contributed by atoms with Crippen molar-refractivity contribution in [1.82, 2.24) is 5.32 Å². The molecule has 0 atom stereocenters. The normalized spacial score (nSPS) is 16.9. The van der Waals surface area contributed by atoms with Crippen LogP contribution in [0.5, 0.6) is 0 Å². The van der Waals surface area contributed by atoms with Crippen LogP contribution in [0, 0.1) is 5.92 Å². The first kappa shape index (κ1) is 13.6. The minimum atomic E-state index is 0.705. The molecule has 0 aromatic heterocycles. The lowest BCUT2D eigenvalue weighted by Crippen LogP contribution is -2.24. The smallest absolute Gasteiger partial charge is 0.0713 e. The molecule has 2 nitrogen and oxygen atoms in total. The highest BCUT2D eigenvalue weighted by Gasteiger charge is 2.12. The fraction of sp³-hybridized carbons (Fsp3) is 0.625. The van der Waals surface area contributed by atoms with Gasteiger partial charge in [-0.1, -0.05) is 43.5 Å². The van der Waals surface area contributed by atoms with Crippen molar-refractivity contribution in [2.24, 2.45) is 5.92 Å². The van der Waals surface area contributed by atoms with Crippen molar-refractivity contribution in [3.63, 3.8) is 0 Å². The van der Waals surface area contributed by atoms with E-state index in [4.69, 9.17) is 4.74 Å². The average molecular weight is 247 g/mol. The Bertz CT molecular complexity index is 345. The van der Waals surface area contributed by atoms with Crippen LogP contribution in [0.4, 0.5) is 0 Å². The molecule has 2 rings (SSSR count). The second-order valence-corrected chi connectivity index (χ2v) is 5.39. The summed E-state index contributed by atoms with van der Waals surface area (Å²) in [6.45, 7) is 2.86. The number of rotatable bonds is 6. The quantitative estimate of drug-likeness (QED) is 0.830. The van der Waals surface area contributed by atoms with E-state index in [1.165, 1.54) is 49.8 Å².